The Labute approximate surface area is 159 Å². The van der Waals surface area contributed by atoms with Gasteiger partial charge in [0.1, 0.15) is 0 Å². The maximum absolute atomic E-state index is 12.5. The summed E-state index contributed by atoms with van der Waals surface area (Å²) in [5, 5.41) is 3.67. The summed E-state index contributed by atoms with van der Waals surface area (Å²) in [6.45, 7) is 1.83. The number of hydrogen-bond donors (Lipinski definition) is 1. The van der Waals surface area contributed by atoms with Crippen molar-refractivity contribution in [3.8, 4) is 0 Å². The number of Topliss-reactive ketones (excluding diaryl/α,β-unsaturated/α-hetero) is 1. The van der Waals surface area contributed by atoms with E-state index in [0.717, 1.165) is 30.4 Å². The second kappa shape index (κ2) is 8.86. The zero-order chi connectivity index (χ0) is 18.4. The minimum atomic E-state index is -0.0513. The molecule has 1 heterocycles. The highest BCUT2D eigenvalue weighted by atomic mass is 35.5. The van der Waals surface area contributed by atoms with Gasteiger partial charge in [0.05, 0.1) is 0 Å². The number of halogens is 1. The Morgan fingerprint density at radius 1 is 1.00 bits per heavy atom. The average molecular weight is 371 g/mol. The number of piperidine rings is 1. The smallest absolute Gasteiger partial charge is 0.317 e. The summed E-state index contributed by atoms with van der Waals surface area (Å²) in [5.74, 6) is 0.198. The normalized spacial score (nSPS) is 14.9. The molecule has 1 saturated heterocycles. The van der Waals surface area contributed by atoms with Crippen LogP contribution >= 0.6 is 11.6 Å². The van der Waals surface area contributed by atoms with E-state index in [1.54, 1.807) is 4.90 Å². The van der Waals surface area contributed by atoms with E-state index in [9.17, 15) is 9.59 Å². The fraction of sp³-hybridized carbons (Fsp3) is 0.333. The minimum Gasteiger partial charge on any atom is -0.338 e. The van der Waals surface area contributed by atoms with Gasteiger partial charge in [0.2, 0.25) is 0 Å². The van der Waals surface area contributed by atoms with Gasteiger partial charge in [-0.15, -0.1) is 0 Å². The van der Waals surface area contributed by atoms with Gasteiger partial charge in [0.25, 0.3) is 0 Å². The van der Waals surface area contributed by atoms with Crippen molar-refractivity contribution in [2.24, 2.45) is 5.92 Å². The first-order valence-corrected chi connectivity index (χ1v) is 9.38. The molecule has 1 aliphatic rings. The van der Waals surface area contributed by atoms with Crippen LogP contribution in [-0.4, -0.2) is 36.3 Å². The predicted molar refractivity (Wildman–Crippen MR) is 104 cm³/mol. The summed E-state index contributed by atoms with van der Waals surface area (Å²) < 4.78 is 0. The molecule has 0 aliphatic carbocycles. The molecule has 2 aromatic carbocycles. The second-order valence-corrected chi connectivity index (χ2v) is 7.04. The van der Waals surface area contributed by atoms with Gasteiger partial charge in [0.15, 0.2) is 5.78 Å². The Hall–Kier alpha value is -2.33. The Balaban J connectivity index is 1.42. The summed E-state index contributed by atoms with van der Waals surface area (Å²) >= 11 is 5.87. The molecule has 2 aromatic rings. The third kappa shape index (κ3) is 4.85. The molecule has 1 N–H and O–H groups in total. The van der Waals surface area contributed by atoms with E-state index in [2.05, 4.69) is 5.32 Å². The molecule has 4 nitrogen and oxygen atoms in total. The first-order valence-electron chi connectivity index (χ1n) is 9.00. The van der Waals surface area contributed by atoms with Gasteiger partial charge in [-0.1, -0.05) is 54.1 Å². The molecule has 0 atom stereocenters. The Kier molecular flexibility index (Phi) is 6.29. The molecule has 136 valence electrons. The van der Waals surface area contributed by atoms with E-state index < -0.39 is 0 Å². The monoisotopic (exact) mass is 370 g/mol. The second-order valence-electron chi connectivity index (χ2n) is 6.60. The lowest BCUT2D eigenvalue weighted by molar-refractivity contribution is 0.0854. The lowest BCUT2D eigenvalue weighted by Gasteiger charge is -2.31. The molecule has 0 saturated carbocycles. The van der Waals surface area contributed by atoms with Crippen LogP contribution in [0, 0.1) is 5.92 Å². The molecule has 0 spiro atoms. The van der Waals surface area contributed by atoms with Crippen molar-refractivity contribution in [2.75, 3.05) is 19.6 Å². The first kappa shape index (κ1) is 18.5. The standard InChI is InChI=1S/C21H23ClN2O2/c22-19-8-6-16(7-9-19)10-13-23-21(26)24-14-11-18(12-15-24)20(25)17-4-2-1-3-5-17/h1-9,18H,10-15H2,(H,23,26). The predicted octanol–water partition coefficient (Wildman–Crippen LogP) is 4.19. The van der Waals surface area contributed by atoms with Crippen molar-refractivity contribution < 1.29 is 9.59 Å². The zero-order valence-corrected chi connectivity index (χ0v) is 15.4. The van der Waals surface area contributed by atoms with Crippen molar-refractivity contribution in [3.63, 3.8) is 0 Å². The van der Waals surface area contributed by atoms with Crippen molar-refractivity contribution in [3.05, 3.63) is 70.7 Å². The van der Waals surface area contributed by atoms with E-state index >= 15 is 0 Å². The summed E-state index contributed by atoms with van der Waals surface area (Å²) in [6.07, 6.45) is 2.21. The largest absolute Gasteiger partial charge is 0.338 e. The molecule has 3 rings (SSSR count). The quantitative estimate of drug-likeness (QED) is 0.802. The number of benzene rings is 2. The molecule has 26 heavy (non-hydrogen) atoms. The minimum absolute atomic E-state index is 0.00974. The first-order chi connectivity index (χ1) is 12.6. The number of likely N-dealkylation sites (tertiary alicyclic amines) is 1. The maximum atomic E-state index is 12.5. The average Bonchev–Trinajstić information content (AvgIpc) is 2.69. The third-order valence-electron chi connectivity index (χ3n) is 4.81. The van der Waals surface area contributed by atoms with Crippen LogP contribution in [0.25, 0.3) is 0 Å². The van der Waals surface area contributed by atoms with E-state index in [4.69, 9.17) is 11.6 Å². The highest BCUT2D eigenvalue weighted by Crippen LogP contribution is 2.21. The van der Waals surface area contributed by atoms with Crippen LogP contribution in [0.15, 0.2) is 54.6 Å². The van der Waals surface area contributed by atoms with Gasteiger partial charge in [-0.05, 0) is 37.0 Å². The number of nitrogens with one attached hydrogen (secondary N) is 1. The van der Waals surface area contributed by atoms with Crippen LogP contribution in [0.1, 0.15) is 28.8 Å². The molecule has 0 aromatic heterocycles. The van der Waals surface area contributed by atoms with Gasteiger partial charge >= 0.3 is 6.03 Å². The lowest BCUT2D eigenvalue weighted by Crippen LogP contribution is -2.45. The van der Waals surface area contributed by atoms with Gasteiger partial charge in [0, 0.05) is 36.1 Å². The molecule has 5 heteroatoms. The van der Waals surface area contributed by atoms with Crippen LogP contribution in [0.2, 0.25) is 5.02 Å². The number of carbonyl (C=O) groups excluding carboxylic acids is 2. The van der Waals surface area contributed by atoms with E-state index in [1.807, 2.05) is 54.6 Å². The Morgan fingerprint density at radius 3 is 2.31 bits per heavy atom. The SMILES string of the molecule is O=C(c1ccccc1)C1CCN(C(=O)NCCc2ccc(Cl)cc2)CC1. The summed E-state index contributed by atoms with van der Waals surface area (Å²) in [4.78, 5) is 26.6. The van der Waals surface area contributed by atoms with Gasteiger partial charge in [-0.3, -0.25) is 4.79 Å². The molecule has 0 radical (unpaired) electrons. The van der Waals surface area contributed by atoms with Crippen molar-refractivity contribution in [2.45, 2.75) is 19.3 Å². The topological polar surface area (TPSA) is 49.4 Å². The number of hydrogen-bond acceptors (Lipinski definition) is 2. The zero-order valence-electron chi connectivity index (χ0n) is 14.7. The number of carbonyl (C=O) groups is 2. The molecule has 0 unspecified atom stereocenters. The maximum Gasteiger partial charge on any atom is 0.317 e. The molecule has 0 bridgehead atoms. The summed E-state index contributed by atoms with van der Waals surface area (Å²) in [7, 11) is 0. The Bertz CT molecular complexity index is 738. The molecule has 1 aliphatic heterocycles. The molecule has 2 amide bonds. The van der Waals surface area contributed by atoms with Crippen LogP contribution in [0.5, 0.6) is 0 Å². The van der Waals surface area contributed by atoms with Gasteiger partial charge in [-0.2, -0.15) is 0 Å². The molecule has 1 fully saturated rings. The van der Waals surface area contributed by atoms with Crippen LogP contribution in [0.3, 0.4) is 0 Å². The highest BCUT2D eigenvalue weighted by molar-refractivity contribution is 6.30. The number of amides is 2. The number of ketones is 1. The number of urea groups is 1. The van der Waals surface area contributed by atoms with Crippen LogP contribution in [0.4, 0.5) is 4.79 Å². The van der Waals surface area contributed by atoms with Crippen LogP contribution < -0.4 is 5.32 Å². The van der Waals surface area contributed by atoms with Crippen molar-refractivity contribution in [1.29, 1.82) is 0 Å². The number of rotatable bonds is 5. The van der Waals surface area contributed by atoms with Gasteiger partial charge in [-0.25, -0.2) is 4.79 Å². The summed E-state index contributed by atoms with van der Waals surface area (Å²) in [5.41, 5.74) is 1.90. The number of nitrogens with zero attached hydrogens (tertiary/aromatic N) is 1. The molecular weight excluding hydrogens is 348 g/mol. The lowest BCUT2D eigenvalue weighted by atomic mass is 9.89. The van der Waals surface area contributed by atoms with Crippen molar-refractivity contribution in [1.82, 2.24) is 10.2 Å². The molecular formula is C21H23ClN2O2. The van der Waals surface area contributed by atoms with Gasteiger partial charge < -0.3 is 10.2 Å². The fourth-order valence-corrected chi connectivity index (χ4v) is 3.39. The van der Waals surface area contributed by atoms with E-state index in [0.29, 0.717) is 24.7 Å². The summed E-state index contributed by atoms with van der Waals surface area (Å²) in [6, 6.07) is 17.0. The fourth-order valence-electron chi connectivity index (χ4n) is 3.26. The van der Waals surface area contributed by atoms with E-state index in [1.165, 1.54) is 0 Å². The van der Waals surface area contributed by atoms with E-state index in [-0.39, 0.29) is 17.7 Å². The van der Waals surface area contributed by atoms with Crippen LogP contribution in [-0.2, 0) is 6.42 Å². The van der Waals surface area contributed by atoms with Crippen molar-refractivity contribution >= 4 is 23.4 Å². The highest BCUT2D eigenvalue weighted by Gasteiger charge is 2.27. The third-order valence-corrected chi connectivity index (χ3v) is 5.07. The Morgan fingerprint density at radius 2 is 1.65 bits per heavy atom.